The molecule has 3 heterocycles. The number of carbonyl (C=O) groups is 1. The third kappa shape index (κ3) is 5.98. The molecule has 9 nitrogen and oxygen atoms in total. The average Bonchev–Trinajstić information content (AvgIpc) is 3.61. The van der Waals surface area contributed by atoms with Crippen molar-refractivity contribution in [1.29, 1.82) is 0 Å². The molecule has 11 heteroatoms. The van der Waals surface area contributed by atoms with Crippen LogP contribution in [0.1, 0.15) is 59.3 Å². The predicted molar refractivity (Wildman–Crippen MR) is 137 cm³/mol. The number of ether oxygens (including phenoxy) is 2. The van der Waals surface area contributed by atoms with E-state index in [4.69, 9.17) is 19.4 Å². The van der Waals surface area contributed by atoms with Crippen molar-refractivity contribution in [2.24, 2.45) is 5.92 Å². The third-order valence-corrected chi connectivity index (χ3v) is 7.42. The Kier molecular flexibility index (Phi) is 7.04. The summed E-state index contributed by atoms with van der Waals surface area (Å²) < 4.78 is 39.4. The van der Waals surface area contributed by atoms with Crippen LogP contribution in [0.2, 0.25) is 0 Å². The number of halogens is 2. The van der Waals surface area contributed by atoms with Crippen LogP contribution >= 0.6 is 0 Å². The van der Waals surface area contributed by atoms with E-state index in [0.717, 1.165) is 0 Å². The number of hydrogen-bond acceptors (Lipinski definition) is 8. The van der Waals surface area contributed by atoms with Gasteiger partial charge in [-0.15, -0.1) is 0 Å². The normalized spacial score (nSPS) is 25.0. The highest BCUT2D eigenvalue weighted by molar-refractivity contribution is 5.88. The molecule has 2 saturated carbocycles. The molecule has 5 rings (SSSR count). The highest BCUT2D eigenvalue weighted by Crippen LogP contribution is 2.40. The van der Waals surface area contributed by atoms with Gasteiger partial charge < -0.3 is 14.4 Å². The standard InChI is InChI=1S/C26H38F2N6O3/c1-25(2,3)37-24(35)34(19-7-10-26(27,28)11-8-19)22-17-21(32-13-15-36-16-14-32)29-23(30-22)33-12-9-20(31(33)4)18-5-6-18/h9,12,17-20H,5-8,10-11,13-16H2,1-4H3. The molecular weight excluding hydrogens is 482 g/mol. The van der Waals surface area contributed by atoms with E-state index >= 15 is 0 Å². The summed E-state index contributed by atoms with van der Waals surface area (Å²) in [7, 11) is 2.02. The van der Waals surface area contributed by atoms with Gasteiger partial charge in [-0.25, -0.2) is 23.6 Å². The van der Waals surface area contributed by atoms with Crippen molar-refractivity contribution in [1.82, 2.24) is 15.0 Å². The minimum atomic E-state index is -2.72. The molecule has 1 atom stereocenters. The zero-order chi connectivity index (χ0) is 26.4. The number of nitrogens with zero attached hydrogens (tertiary/aromatic N) is 6. The summed E-state index contributed by atoms with van der Waals surface area (Å²) in [6.45, 7) is 7.87. The largest absolute Gasteiger partial charge is 0.443 e. The molecule has 2 aliphatic carbocycles. The summed E-state index contributed by atoms with van der Waals surface area (Å²) >= 11 is 0. The van der Waals surface area contributed by atoms with E-state index in [9.17, 15) is 13.6 Å². The lowest BCUT2D eigenvalue weighted by molar-refractivity contribution is -0.0388. The van der Waals surface area contributed by atoms with Crippen LogP contribution in [0.3, 0.4) is 0 Å². The minimum absolute atomic E-state index is 0.172. The maximum atomic E-state index is 14.0. The summed E-state index contributed by atoms with van der Waals surface area (Å²) in [6.07, 6.45) is 5.76. The van der Waals surface area contributed by atoms with Gasteiger partial charge in [0.15, 0.2) is 0 Å². The van der Waals surface area contributed by atoms with Crippen LogP contribution in [0.25, 0.3) is 0 Å². The topological polar surface area (TPSA) is 74.3 Å². The molecule has 1 aromatic rings. The number of amides is 1. The highest BCUT2D eigenvalue weighted by Gasteiger charge is 2.42. The number of hydrogen-bond donors (Lipinski definition) is 0. The Morgan fingerprint density at radius 2 is 1.81 bits per heavy atom. The number of aromatic nitrogens is 2. The number of rotatable bonds is 5. The van der Waals surface area contributed by atoms with Gasteiger partial charge in [0, 0.05) is 51.3 Å². The highest BCUT2D eigenvalue weighted by atomic mass is 19.3. The van der Waals surface area contributed by atoms with Crippen molar-refractivity contribution in [3.63, 3.8) is 0 Å². The van der Waals surface area contributed by atoms with Crippen LogP contribution in [0.5, 0.6) is 0 Å². The summed E-state index contributed by atoms with van der Waals surface area (Å²) in [5.41, 5.74) is -0.744. The van der Waals surface area contributed by atoms with Crippen molar-refractivity contribution in [2.75, 3.05) is 48.2 Å². The Morgan fingerprint density at radius 1 is 1.14 bits per heavy atom. The zero-order valence-electron chi connectivity index (χ0n) is 22.2. The molecule has 3 fully saturated rings. The fourth-order valence-electron chi connectivity index (χ4n) is 5.26. The Labute approximate surface area is 217 Å². The molecule has 0 bridgehead atoms. The molecule has 0 aromatic carbocycles. The second-order valence-corrected chi connectivity index (χ2v) is 11.5. The van der Waals surface area contributed by atoms with Crippen molar-refractivity contribution >= 4 is 23.7 Å². The van der Waals surface area contributed by atoms with Crippen molar-refractivity contribution in [3.8, 4) is 0 Å². The molecule has 1 amide bonds. The second-order valence-electron chi connectivity index (χ2n) is 11.5. The molecule has 1 unspecified atom stereocenters. The van der Waals surface area contributed by atoms with Crippen LogP contribution in [0.15, 0.2) is 18.3 Å². The van der Waals surface area contributed by atoms with E-state index in [1.807, 2.05) is 18.3 Å². The Morgan fingerprint density at radius 3 is 2.43 bits per heavy atom. The lowest BCUT2D eigenvalue weighted by atomic mass is 9.91. The van der Waals surface area contributed by atoms with Gasteiger partial charge in [0.2, 0.25) is 11.9 Å². The van der Waals surface area contributed by atoms with Gasteiger partial charge in [-0.2, -0.15) is 9.97 Å². The van der Waals surface area contributed by atoms with Crippen LogP contribution in [-0.2, 0) is 9.47 Å². The van der Waals surface area contributed by atoms with E-state index < -0.39 is 23.7 Å². The molecule has 2 aliphatic heterocycles. The van der Waals surface area contributed by atoms with E-state index in [-0.39, 0.29) is 31.7 Å². The van der Waals surface area contributed by atoms with Gasteiger partial charge in [-0.3, -0.25) is 4.90 Å². The smallest absolute Gasteiger partial charge is 0.416 e. The van der Waals surface area contributed by atoms with Gasteiger partial charge in [-0.1, -0.05) is 0 Å². The van der Waals surface area contributed by atoms with Crippen molar-refractivity contribution < 1.29 is 23.0 Å². The number of alkyl halides is 2. The first kappa shape index (κ1) is 26.1. The third-order valence-electron chi connectivity index (χ3n) is 7.42. The quantitative estimate of drug-likeness (QED) is 0.558. The predicted octanol–water partition coefficient (Wildman–Crippen LogP) is 4.59. The molecule has 0 N–H and O–H groups in total. The van der Waals surface area contributed by atoms with E-state index in [2.05, 4.69) is 16.0 Å². The monoisotopic (exact) mass is 520 g/mol. The Hall–Kier alpha value is -2.53. The fourth-order valence-corrected chi connectivity index (χ4v) is 5.26. The van der Waals surface area contributed by atoms with Gasteiger partial charge in [0.25, 0.3) is 0 Å². The zero-order valence-corrected chi connectivity index (χ0v) is 22.2. The first-order valence-electron chi connectivity index (χ1n) is 13.3. The van der Waals surface area contributed by atoms with Gasteiger partial charge in [-0.05, 0) is 58.4 Å². The van der Waals surface area contributed by atoms with Gasteiger partial charge >= 0.3 is 6.09 Å². The van der Waals surface area contributed by atoms with Crippen LogP contribution in [0.4, 0.5) is 31.2 Å². The first-order chi connectivity index (χ1) is 17.5. The average molecular weight is 521 g/mol. The van der Waals surface area contributed by atoms with Crippen molar-refractivity contribution in [2.45, 2.75) is 82.9 Å². The lowest BCUT2D eigenvalue weighted by Crippen LogP contribution is -2.47. The van der Waals surface area contributed by atoms with Gasteiger partial charge in [0.1, 0.15) is 17.2 Å². The second kappa shape index (κ2) is 9.98. The van der Waals surface area contributed by atoms with Crippen LogP contribution < -0.4 is 14.8 Å². The number of morpholine rings is 1. The Balaban J connectivity index is 1.53. The minimum Gasteiger partial charge on any atom is -0.443 e. The molecule has 0 radical (unpaired) electrons. The molecule has 1 aromatic heterocycles. The lowest BCUT2D eigenvalue weighted by Gasteiger charge is -2.38. The molecule has 0 spiro atoms. The van der Waals surface area contributed by atoms with Gasteiger partial charge in [0.05, 0.1) is 19.3 Å². The van der Waals surface area contributed by atoms with E-state index in [1.54, 1.807) is 26.8 Å². The summed E-state index contributed by atoms with van der Waals surface area (Å²) in [4.78, 5) is 26.8. The summed E-state index contributed by atoms with van der Waals surface area (Å²) in [5.74, 6) is -0.611. The van der Waals surface area contributed by atoms with Crippen LogP contribution in [-0.4, -0.2) is 78.0 Å². The maximum absolute atomic E-state index is 14.0. The van der Waals surface area contributed by atoms with E-state index in [1.165, 1.54) is 17.7 Å². The molecule has 1 saturated heterocycles. The fraction of sp³-hybridized carbons (Fsp3) is 0.731. The molecule has 37 heavy (non-hydrogen) atoms. The number of likely N-dealkylation sites (N-methyl/N-ethyl adjacent to an activating group) is 1. The molecule has 4 aliphatic rings. The number of hydrazine groups is 1. The van der Waals surface area contributed by atoms with E-state index in [0.29, 0.717) is 49.8 Å². The SMILES string of the molecule is CN1C(C2CC2)C=CN1c1nc(N2CCOCC2)cc(N(C(=O)OC(C)(C)C)C2CCC(F)(F)CC2)n1. The summed E-state index contributed by atoms with van der Waals surface area (Å²) in [5, 5.41) is 4.04. The molecule has 204 valence electrons. The molecular formula is C26H38F2N6O3. The summed E-state index contributed by atoms with van der Waals surface area (Å²) in [6, 6.07) is 1.62. The van der Waals surface area contributed by atoms with Crippen molar-refractivity contribution in [3.05, 3.63) is 18.3 Å². The first-order valence-corrected chi connectivity index (χ1v) is 13.3. The van der Waals surface area contributed by atoms with Crippen LogP contribution in [0, 0.1) is 5.92 Å². The number of anilines is 3. The number of carbonyl (C=O) groups excluding carboxylic acids is 1. The maximum Gasteiger partial charge on any atom is 0.416 e. The Bertz CT molecular complexity index is 1010.